The van der Waals surface area contributed by atoms with Crippen LogP contribution in [0.5, 0.6) is 0 Å². The minimum atomic E-state index is -3.65. The molecule has 2 heterocycles. The maximum atomic E-state index is 12.9. The van der Waals surface area contributed by atoms with E-state index in [2.05, 4.69) is 15.5 Å². The lowest BCUT2D eigenvalue weighted by Gasteiger charge is -2.19. The van der Waals surface area contributed by atoms with E-state index < -0.39 is 16.1 Å². The molecule has 1 amide bonds. The number of fused-ring (bicyclic) bond motifs is 1. The monoisotopic (exact) mass is 415 g/mol. The second kappa shape index (κ2) is 8.30. The molecular formula is C20H25N5O3S. The van der Waals surface area contributed by atoms with E-state index in [4.69, 9.17) is 0 Å². The number of hydrogen-bond acceptors (Lipinski definition) is 5. The molecule has 9 heteroatoms. The molecule has 0 fully saturated rings. The summed E-state index contributed by atoms with van der Waals surface area (Å²) in [4.78, 5) is 13.0. The summed E-state index contributed by atoms with van der Waals surface area (Å²) in [5.74, 6) is 0.234. The summed E-state index contributed by atoms with van der Waals surface area (Å²) in [6.45, 7) is 7.89. The highest BCUT2D eigenvalue weighted by molar-refractivity contribution is 7.89. The van der Waals surface area contributed by atoms with E-state index in [0.29, 0.717) is 35.7 Å². The van der Waals surface area contributed by atoms with Gasteiger partial charge in [-0.3, -0.25) is 9.20 Å². The van der Waals surface area contributed by atoms with E-state index in [1.165, 1.54) is 16.4 Å². The molecule has 1 atom stereocenters. The summed E-state index contributed by atoms with van der Waals surface area (Å²) in [5, 5.41) is 11.2. The topological polar surface area (TPSA) is 96.7 Å². The van der Waals surface area contributed by atoms with Crippen LogP contribution in [-0.2, 0) is 10.0 Å². The Morgan fingerprint density at radius 3 is 2.59 bits per heavy atom. The lowest BCUT2D eigenvalue weighted by Crippen LogP contribution is -2.31. The van der Waals surface area contributed by atoms with Gasteiger partial charge in [0.2, 0.25) is 10.0 Å². The molecule has 0 saturated heterocycles. The number of carbonyl (C=O) groups is 1. The number of aromatic nitrogens is 3. The first-order valence-corrected chi connectivity index (χ1v) is 10.9. The molecule has 3 aromatic rings. The molecule has 1 unspecified atom stereocenters. The van der Waals surface area contributed by atoms with Crippen LogP contribution in [0.1, 0.15) is 48.6 Å². The van der Waals surface area contributed by atoms with Crippen LogP contribution in [0.3, 0.4) is 0 Å². The molecule has 2 aromatic heterocycles. The minimum Gasteiger partial charge on any atom is -0.342 e. The third-order valence-corrected chi connectivity index (χ3v) is 6.92. The van der Waals surface area contributed by atoms with Crippen LogP contribution >= 0.6 is 0 Å². The van der Waals surface area contributed by atoms with Gasteiger partial charge in [0.15, 0.2) is 11.5 Å². The van der Waals surface area contributed by atoms with Crippen molar-refractivity contribution in [3.63, 3.8) is 0 Å². The summed E-state index contributed by atoms with van der Waals surface area (Å²) in [7, 11) is -3.65. The van der Waals surface area contributed by atoms with Crippen molar-refractivity contribution in [2.24, 2.45) is 0 Å². The van der Waals surface area contributed by atoms with E-state index in [0.717, 1.165) is 0 Å². The molecule has 154 valence electrons. The van der Waals surface area contributed by atoms with Crippen LogP contribution in [0, 0.1) is 6.92 Å². The average molecular weight is 416 g/mol. The number of rotatable bonds is 7. The first kappa shape index (κ1) is 20.9. The first-order valence-electron chi connectivity index (χ1n) is 9.50. The number of aryl methyl sites for hydroxylation is 1. The molecule has 0 aliphatic heterocycles. The van der Waals surface area contributed by atoms with Gasteiger partial charge in [0, 0.05) is 24.8 Å². The van der Waals surface area contributed by atoms with Crippen molar-refractivity contribution in [3.05, 3.63) is 59.5 Å². The standard InChI is InChI=1S/C20H25N5O3S/c1-5-24(6-2)29(27,28)16-11-10-14(3)17(13-16)20(26)21-15(4)19-23-22-18-9-7-8-12-25(18)19/h7-13,15H,5-6H2,1-4H3,(H,21,26). The lowest BCUT2D eigenvalue weighted by molar-refractivity contribution is 0.0937. The summed E-state index contributed by atoms with van der Waals surface area (Å²) < 4.78 is 28.8. The maximum Gasteiger partial charge on any atom is 0.252 e. The van der Waals surface area contributed by atoms with Gasteiger partial charge in [-0.25, -0.2) is 8.42 Å². The smallest absolute Gasteiger partial charge is 0.252 e. The van der Waals surface area contributed by atoms with E-state index in [-0.39, 0.29) is 10.8 Å². The average Bonchev–Trinajstić information content (AvgIpc) is 3.13. The van der Waals surface area contributed by atoms with Crippen molar-refractivity contribution in [3.8, 4) is 0 Å². The van der Waals surface area contributed by atoms with Crippen molar-refractivity contribution in [2.45, 2.75) is 38.6 Å². The second-order valence-corrected chi connectivity index (χ2v) is 8.69. The van der Waals surface area contributed by atoms with Crippen molar-refractivity contribution in [1.82, 2.24) is 24.2 Å². The van der Waals surface area contributed by atoms with Gasteiger partial charge in [-0.2, -0.15) is 4.31 Å². The number of amides is 1. The summed E-state index contributed by atoms with van der Waals surface area (Å²) in [6, 6.07) is 9.77. The van der Waals surface area contributed by atoms with Gasteiger partial charge in [0.05, 0.1) is 10.9 Å². The number of sulfonamides is 1. The van der Waals surface area contributed by atoms with Crippen LogP contribution in [0.15, 0.2) is 47.5 Å². The van der Waals surface area contributed by atoms with Crippen molar-refractivity contribution in [2.75, 3.05) is 13.1 Å². The van der Waals surface area contributed by atoms with Gasteiger partial charge in [-0.1, -0.05) is 26.0 Å². The molecule has 8 nitrogen and oxygen atoms in total. The second-order valence-electron chi connectivity index (χ2n) is 6.75. The zero-order valence-electron chi connectivity index (χ0n) is 17.0. The van der Waals surface area contributed by atoms with Gasteiger partial charge in [-0.15, -0.1) is 10.2 Å². The van der Waals surface area contributed by atoms with Crippen molar-refractivity contribution in [1.29, 1.82) is 0 Å². The normalized spacial score (nSPS) is 13.0. The zero-order chi connectivity index (χ0) is 21.2. The molecule has 0 saturated carbocycles. The number of nitrogens with one attached hydrogen (secondary N) is 1. The van der Waals surface area contributed by atoms with E-state index in [1.54, 1.807) is 31.2 Å². The molecule has 0 aliphatic carbocycles. The van der Waals surface area contributed by atoms with Crippen molar-refractivity contribution >= 4 is 21.6 Å². The summed E-state index contributed by atoms with van der Waals surface area (Å²) in [6.07, 6.45) is 1.83. The molecule has 0 aliphatic rings. The molecule has 3 rings (SSSR count). The summed E-state index contributed by atoms with van der Waals surface area (Å²) >= 11 is 0. The van der Waals surface area contributed by atoms with Crippen LogP contribution in [0.4, 0.5) is 0 Å². The van der Waals surface area contributed by atoms with Crippen LogP contribution in [-0.4, -0.2) is 46.3 Å². The van der Waals surface area contributed by atoms with Gasteiger partial charge >= 0.3 is 0 Å². The van der Waals surface area contributed by atoms with Crippen LogP contribution < -0.4 is 5.32 Å². The fraction of sp³-hybridized carbons (Fsp3) is 0.350. The van der Waals surface area contributed by atoms with Gasteiger partial charge in [-0.05, 0) is 43.7 Å². The fourth-order valence-electron chi connectivity index (χ4n) is 3.21. The van der Waals surface area contributed by atoms with E-state index in [1.807, 2.05) is 31.3 Å². The Morgan fingerprint density at radius 2 is 1.90 bits per heavy atom. The Labute approximate surface area is 170 Å². The lowest BCUT2D eigenvalue weighted by atomic mass is 10.1. The molecule has 1 aromatic carbocycles. The van der Waals surface area contributed by atoms with Gasteiger partial charge < -0.3 is 5.32 Å². The first-order chi connectivity index (χ1) is 13.8. The predicted octanol–water partition coefficient (Wildman–Crippen LogP) is 2.56. The largest absolute Gasteiger partial charge is 0.342 e. The predicted molar refractivity (Wildman–Crippen MR) is 110 cm³/mol. The molecular weight excluding hydrogens is 390 g/mol. The third-order valence-electron chi connectivity index (χ3n) is 4.87. The Bertz CT molecular complexity index is 1140. The summed E-state index contributed by atoms with van der Waals surface area (Å²) in [5.41, 5.74) is 1.70. The number of hydrogen-bond donors (Lipinski definition) is 1. The maximum absolute atomic E-state index is 12.9. The number of nitrogens with zero attached hydrogens (tertiary/aromatic N) is 4. The highest BCUT2D eigenvalue weighted by atomic mass is 32.2. The van der Waals surface area contributed by atoms with E-state index in [9.17, 15) is 13.2 Å². The highest BCUT2D eigenvalue weighted by Crippen LogP contribution is 2.21. The van der Waals surface area contributed by atoms with Crippen LogP contribution in [0.2, 0.25) is 0 Å². The van der Waals surface area contributed by atoms with Gasteiger partial charge in [0.25, 0.3) is 5.91 Å². The Balaban J connectivity index is 1.89. The molecule has 29 heavy (non-hydrogen) atoms. The Hall–Kier alpha value is -2.78. The molecule has 0 radical (unpaired) electrons. The number of carbonyl (C=O) groups excluding carboxylic acids is 1. The minimum absolute atomic E-state index is 0.109. The molecule has 0 spiro atoms. The van der Waals surface area contributed by atoms with Crippen molar-refractivity contribution < 1.29 is 13.2 Å². The molecule has 1 N–H and O–H groups in total. The third kappa shape index (κ3) is 4.01. The zero-order valence-corrected chi connectivity index (χ0v) is 17.8. The Kier molecular flexibility index (Phi) is 5.99. The Morgan fingerprint density at radius 1 is 1.17 bits per heavy atom. The molecule has 0 bridgehead atoms. The van der Waals surface area contributed by atoms with Crippen LogP contribution in [0.25, 0.3) is 5.65 Å². The highest BCUT2D eigenvalue weighted by Gasteiger charge is 2.24. The van der Waals surface area contributed by atoms with E-state index >= 15 is 0 Å². The SMILES string of the molecule is CCN(CC)S(=O)(=O)c1ccc(C)c(C(=O)NC(C)c2nnc3ccccn23)c1. The fourth-order valence-corrected chi connectivity index (χ4v) is 4.70. The quantitative estimate of drug-likeness (QED) is 0.640. The number of pyridine rings is 1. The van der Waals surface area contributed by atoms with Gasteiger partial charge in [0.1, 0.15) is 0 Å². The number of benzene rings is 1.